The summed E-state index contributed by atoms with van der Waals surface area (Å²) in [5.41, 5.74) is 1.12. The molecule has 1 aliphatic carbocycles. The number of carbonyl (C=O) groups excluding carboxylic acids is 2. The van der Waals surface area contributed by atoms with Gasteiger partial charge in [0.1, 0.15) is 17.8 Å². The molecule has 36 heavy (non-hydrogen) atoms. The summed E-state index contributed by atoms with van der Waals surface area (Å²) in [5.74, 6) is 0.697. The highest BCUT2D eigenvalue weighted by molar-refractivity contribution is 5.90. The standard InChI is InChI=1S/C27H39N5O4/c1-26(2,3)23(32-15-21(29-30-32)17-10-11-17)25(35)31-14-19(33)13-22(31)24(34)28-16-27(4,5)18-8-7-9-20(12-18)36-6/h7-9,12,15,17,19,22-23,33H,10-11,13-14,16H2,1-6H3,(H,28,34)/t19?,22?,23-/m1/s1. The van der Waals surface area contributed by atoms with E-state index in [2.05, 4.69) is 15.6 Å². The minimum Gasteiger partial charge on any atom is -0.497 e. The molecule has 9 heteroatoms. The van der Waals surface area contributed by atoms with Crippen molar-refractivity contribution in [1.29, 1.82) is 0 Å². The van der Waals surface area contributed by atoms with Gasteiger partial charge in [0.05, 0.1) is 18.9 Å². The van der Waals surface area contributed by atoms with Gasteiger partial charge in [0.25, 0.3) is 0 Å². The van der Waals surface area contributed by atoms with Crippen LogP contribution in [0.15, 0.2) is 30.5 Å². The van der Waals surface area contributed by atoms with Crippen LogP contribution in [-0.4, -0.2) is 69.2 Å². The lowest BCUT2D eigenvalue weighted by molar-refractivity contribution is -0.144. The van der Waals surface area contributed by atoms with Crippen molar-refractivity contribution < 1.29 is 19.4 Å². The number of ether oxygens (including phenoxy) is 1. The van der Waals surface area contributed by atoms with Gasteiger partial charge in [-0.2, -0.15) is 0 Å². The maximum Gasteiger partial charge on any atom is 0.248 e. The maximum absolute atomic E-state index is 13.9. The summed E-state index contributed by atoms with van der Waals surface area (Å²) in [6.07, 6.45) is 3.51. The van der Waals surface area contributed by atoms with E-state index in [0.29, 0.717) is 12.5 Å². The Morgan fingerprint density at radius 2 is 1.94 bits per heavy atom. The molecule has 2 aliphatic rings. The highest BCUT2D eigenvalue weighted by atomic mass is 16.5. The van der Waals surface area contributed by atoms with Gasteiger partial charge in [0, 0.05) is 37.0 Å². The second-order valence-electron chi connectivity index (χ2n) is 11.9. The third kappa shape index (κ3) is 5.56. The Balaban J connectivity index is 1.50. The van der Waals surface area contributed by atoms with Gasteiger partial charge in [-0.05, 0) is 36.0 Å². The van der Waals surface area contributed by atoms with Gasteiger partial charge in [-0.25, -0.2) is 4.68 Å². The Hall–Kier alpha value is -2.94. The van der Waals surface area contributed by atoms with Crippen molar-refractivity contribution in [2.24, 2.45) is 5.41 Å². The molecular weight excluding hydrogens is 458 g/mol. The predicted molar refractivity (Wildman–Crippen MR) is 136 cm³/mol. The van der Waals surface area contributed by atoms with Crippen LogP contribution in [0.4, 0.5) is 0 Å². The Labute approximate surface area is 213 Å². The van der Waals surface area contributed by atoms with E-state index < -0.39 is 23.6 Å². The third-order valence-corrected chi connectivity index (χ3v) is 7.26. The molecule has 0 spiro atoms. The summed E-state index contributed by atoms with van der Waals surface area (Å²) in [4.78, 5) is 28.7. The molecule has 1 aromatic heterocycles. The average Bonchev–Trinajstić information content (AvgIpc) is 3.43. The minimum atomic E-state index is -0.755. The normalized spacial score (nSPS) is 21.4. The Morgan fingerprint density at radius 1 is 1.22 bits per heavy atom. The number of hydrogen-bond donors (Lipinski definition) is 2. The van der Waals surface area contributed by atoms with Gasteiger partial charge in [0.2, 0.25) is 11.8 Å². The molecule has 1 aliphatic heterocycles. The fourth-order valence-corrected chi connectivity index (χ4v) is 4.90. The van der Waals surface area contributed by atoms with Crippen LogP contribution in [0, 0.1) is 5.41 Å². The molecule has 0 bridgehead atoms. The lowest BCUT2D eigenvalue weighted by atomic mass is 9.84. The fraction of sp³-hybridized carbons (Fsp3) is 0.630. The molecule has 2 aromatic rings. The third-order valence-electron chi connectivity index (χ3n) is 7.26. The van der Waals surface area contributed by atoms with Crippen LogP contribution < -0.4 is 10.1 Å². The number of likely N-dealkylation sites (tertiary alicyclic amines) is 1. The highest BCUT2D eigenvalue weighted by Crippen LogP contribution is 2.40. The summed E-state index contributed by atoms with van der Waals surface area (Å²) in [7, 11) is 1.63. The SMILES string of the molecule is COc1cccc(C(C)(C)CNC(=O)C2CC(O)CN2C(=O)[C@@H](n2cc(C3CC3)nn2)C(C)(C)C)c1. The molecule has 2 heterocycles. The molecule has 3 atom stereocenters. The number of benzene rings is 1. The number of carbonyl (C=O) groups is 2. The molecule has 1 aromatic carbocycles. The molecule has 2 N–H and O–H groups in total. The van der Waals surface area contributed by atoms with Crippen LogP contribution in [-0.2, 0) is 15.0 Å². The number of hydrogen-bond acceptors (Lipinski definition) is 6. The van der Waals surface area contributed by atoms with E-state index in [1.807, 2.05) is 65.1 Å². The van der Waals surface area contributed by atoms with Gasteiger partial charge in [-0.3, -0.25) is 9.59 Å². The van der Waals surface area contributed by atoms with E-state index in [9.17, 15) is 14.7 Å². The summed E-state index contributed by atoms with van der Waals surface area (Å²) < 4.78 is 6.98. The zero-order chi connectivity index (χ0) is 26.3. The van der Waals surface area contributed by atoms with Gasteiger partial charge in [-0.1, -0.05) is 52.0 Å². The van der Waals surface area contributed by atoms with Gasteiger partial charge >= 0.3 is 0 Å². The van der Waals surface area contributed by atoms with E-state index in [1.165, 1.54) is 4.90 Å². The van der Waals surface area contributed by atoms with E-state index in [1.54, 1.807) is 11.8 Å². The molecule has 196 valence electrons. The molecule has 1 saturated carbocycles. The van der Waals surface area contributed by atoms with Gasteiger partial charge in [0.15, 0.2) is 0 Å². The molecule has 1 saturated heterocycles. The van der Waals surface area contributed by atoms with E-state index in [4.69, 9.17) is 4.74 Å². The number of methoxy groups -OCH3 is 1. The van der Waals surface area contributed by atoms with Crippen LogP contribution in [0.2, 0.25) is 0 Å². The Bertz CT molecular complexity index is 1100. The van der Waals surface area contributed by atoms with Crippen molar-refractivity contribution in [2.75, 3.05) is 20.2 Å². The van der Waals surface area contributed by atoms with Crippen LogP contribution in [0.3, 0.4) is 0 Å². The van der Waals surface area contributed by atoms with Crippen LogP contribution in [0.25, 0.3) is 0 Å². The number of aliphatic hydroxyl groups is 1. The molecule has 0 radical (unpaired) electrons. The van der Waals surface area contributed by atoms with E-state index in [0.717, 1.165) is 29.8 Å². The first-order chi connectivity index (χ1) is 16.9. The lowest BCUT2D eigenvalue weighted by Gasteiger charge is -2.35. The smallest absolute Gasteiger partial charge is 0.248 e. The molecule has 4 rings (SSSR count). The van der Waals surface area contributed by atoms with Crippen molar-refractivity contribution in [1.82, 2.24) is 25.2 Å². The quantitative estimate of drug-likeness (QED) is 0.581. The first kappa shape index (κ1) is 26.1. The zero-order valence-electron chi connectivity index (χ0n) is 22.2. The van der Waals surface area contributed by atoms with Crippen LogP contribution in [0.1, 0.15) is 77.1 Å². The van der Waals surface area contributed by atoms with Crippen LogP contribution >= 0.6 is 0 Å². The number of rotatable bonds is 8. The predicted octanol–water partition coefficient (Wildman–Crippen LogP) is 2.81. The summed E-state index contributed by atoms with van der Waals surface area (Å²) in [6, 6.07) is 6.40. The second-order valence-corrected chi connectivity index (χ2v) is 11.9. The number of aliphatic hydroxyl groups excluding tert-OH is 1. The molecule has 2 fully saturated rings. The lowest BCUT2D eigenvalue weighted by Crippen LogP contribution is -2.51. The van der Waals surface area contributed by atoms with Crippen molar-refractivity contribution in [3.63, 3.8) is 0 Å². The maximum atomic E-state index is 13.9. The summed E-state index contributed by atoms with van der Waals surface area (Å²) in [6.45, 7) is 10.5. The van der Waals surface area contributed by atoms with Crippen molar-refractivity contribution in [2.45, 2.75) is 83.4 Å². The van der Waals surface area contributed by atoms with Gasteiger partial charge < -0.3 is 20.1 Å². The summed E-state index contributed by atoms with van der Waals surface area (Å²) in [5, 5.41) is 22.1. The molecule has 2 amide bonds. The second kappa shape index (κ2) is 9.84. The van der Waals surface area contributed by atoms with Crippen LogP contribution in [0.5, 0.6) is 5.75 Å². The topological polar surface area (TPSA) is 110 Å². The minimum absolute atomic E-state index is 0.118. The number of β-amino-alcohol motifs (C(OH)–C–C–N with tert-alkyl or cyclic N) is 1. The van der Waals surface area contributed by atoms with Gasteiger partial charge in [-0.15, -0.1) is 5.10 Å². The first-order valence-corrected chi connectivity index (χ1v) is 12.7. The van der Waals surface area contributed by atoms with Crippen molar-refractivity contribution >= 4 is 11.8 Å². The first-order valence-electron chi connectivity index (χ1n) is 12.7. The fourth-order valence-electron chi connectivity index (χ4n) is 4.90. The summed E-state index contributed by atoms with van der Waals surface area (Å²) >= 11 is 0. The molecule has 9 nitrogen and oxygen atoms in total. The van der Waals surface area contributed by atoms with E-state index >= 15 is 0 Å². The highest BCUT2D eigenvalue weighted by Gasteiger charge is 2.45. The molecule has 2 unspecified atom stereocenters. The zero-order valence-corrected chi connectivity index (χ0v) is 22.2. The number of amides is 2. The Morgan fingerprint density at radius 3 is 2.58 bits per heavy atom. The molecular formula is C27H39N5O4. The Kier molecular flexibility index (Phi) is 7.14. The van der Waals surface area contributed by atoms with Crippen molar-refractivity contribution in [3.8, 4) is 5.75 Å². The van der Waals surface area contributed by atoms with Crippen molar-refractivity contribution in [3.05, 3.63) is 41.7 Å². The number of nitrogens with zero attached hydrogens (tertiary/aromatic N) is 4. The monoisotopic (exact) mass is 497 g/mol. The number of nitrogens with one attached hydrogen (secondary N) is 1. The van der Waals surface area contributed by atoms with E-state index in [-0.39, 0.29) is 30.2 Å². The largest absolute Gasteiger partial charge is 0.497 e. The number of aromatic nitrogens is 3. The average molecular weight is 498 g/mol.